The van der Waals surface area contributed by atoms with Gasteiger partial charge in [-0.3, -0.25) is 24.0 Å². The minimum absolute atomic E-state index is 0.0134. The molecule has 0 saturated heterocycles. The number of benzene rings is 2. The van der Waals surface area contributed by atoms with Crippen molar-refractivity contribution in [2.75, 3.05) is 31.5 Å². The van der Waals surface area contributed by atoms with Gasteiger partial charge in [0, 0.05) is 7.11 Å². The Kier molecular flexibility index (Phi) is 7.68. The molecule has 0 aliphatic rings. The van der Waals surface area contributed by atoms with Crippen LogP contribution in [0.4, 0.5) is 11.5 Å². The molecule has 0 aliphatic carbocycles. The summed E-state index contributed by atoms with van der Waals surface area (Å²) in [7, 11) is 3.06. The summed E-state index contributed by atoms with van der Waals surface area (Å²) < 4.78 is 11.6. The van der Waals surface area contributed by atoms with Gasteiger partial charge in [0.2, 0.25) is 5.91 Å². The summed E-state index contributed by atoms with van der Waals surface area (Å²) in [5.74, 6) is 0.228. The molecule has 0 saturated carbocycles. The molecule has 0 spiro atoms. The number of aryl methyl sites for hydroxylation is 1. The average Bonchev–Trinajstić information content (AvgIpc) is 2.80. The Labute approximate surface area is 191 Å². The van der Waals surface area contributed by atoms with Crippen molar-refractivity contribution in [3.05, 3.63) is 86.1 Å². The van der Waals surface area contributed by atoms with Crippen molar-refractivity contribution in [2.45, 2.75) is 26.4 Å². The van der Waals surface area contributed by atoms with E-state index in [9.17, 15) is 14.4 Å². The Balaban J connectivity index is 2.06. The van der Waals surface area contributed by atoms with Gasteiger partial charge in [0.05, 0.1) is 33.2 Å². The number of anilines is 2. The second-order valence-corrected chi connectivity index (χ2v) is 7.58. The van der Waals surface area contributed by atoms with Gasteiger partial charge in [-0.25, -0.2) is 4.79 Å². The Bertz CT molecular complexity index is 1230. The zero-order valence-corrected chi connectivity index (χ0v) is 19.0. The number of nitrogens with zero attached hydrogens (tertiary/aromatic N) is 2. The van der Waals surface area contributed by atoms with Crippen LogP contribution in [0.1, 0.15) is 16.7 Å². The number of rotatable bonds is 9. The number of hydrogen-bond donors (Lipinski definition) is 2. The molecule has 3 rings (SSSR count). The number of nitrogen functional groups attached to an aromatic ring is 1. The maximum atomic E-state index is 13.5. The van der Waals surface area contributed by atoms with Crippen LogP contribution in [0.25, 0.3) is 0 Å². The second kappa shape index (κ2) is 10.6. The molecule has 0 radical (unpaired) electrons. The van der Waals surface area contributed by atoms with Gasteiger partial charge in [0.15, 0.2) is 5.69 Å². The van der Waals surface area contributed by atoms with Gasteiger partial charge in [-0.15, -0.1) is 0 Å². The first-order valence-corrected chi connectivity index (χ1v) is 10.4. The molecular weight excluding hydrogens is 424 g/mol. The summed E-state index contributed by atoms with van der Waals surface area (Å²) in [6.45, 7) is 2.37. The van der Waals surface area contributed by atoms with E-state index in [-0.39, 0.29) is 43.5 Å². The number of carbonyl (C=O) groups is 1. The van der Waals surface area contributed by atoms with Crippen molar-refractivity contribution in [2.24, 2.45) is 0 Å². The quantitative estimate of drug-likeness (QED) is 0.511. The number of hydrogen-bond acceptors (Lipinski definition) is 6. The van der Waals surface area contributed by atoms with E-state index in [1.807, 2.05) is 49.4 Å². The van der Waals surface area contributed by atoms with Gasteiger partial charge >= 0.3 is 5.69 Å². The van der Waals surface area contributed by atoms with E-state index in [1.54, 1.807) is 13.2 Å². The van der Waals surface area contributed by atoms with Crippen molar-refractivity contribution in [1.29, 1.82) is 0 Å². The third-order valence-electron chi connectivity index (χ3n) is 5.32. The van der Waals surface area contributed by atoms with Crippen LogP contribution in [0, 0.1) is 6.92 Å². The molecule has 1 aromatic heterocycles. The molecular formula is C24H28N4O5. The highest BCUT2D eigenvalue weighted by molar-refractivity contribution is 5.96. The summed E-state index contributed by atoms with van der Waals surface area (Å²) in [6.07, 6.45) is 0.0134. The van der Waals surface area contributed by atoms with E-state index in [0.717, 1.165) is 16.7 Å². The van der Waals surface area contributed by atoms with E-state index in [2.05, 4.69) is 4.98 Å². The monoisotopic (exact) mass is 452 g/mol. The molecule has 0 unspecified atom stereocenters. The summed E-state index contributed by atoms with van der Waals surface area (Å²) in [5, 5.41) is 0. The maximum Gasteiger partial charge on any atom is 0.330 e. The molecule has 0 aliphatic heterocycles. The fourth-order valence-corrected chi connectivity index (χ4v) is 3.55. The standard InChI is InChI=1S/C24H28N4O5/c1-16-9-10-18(13-19(16)33-3)14-20(29)28(15-17-7-5-4-6-8-17)21-22(25)27(11-12-32-2)24(31)26-23(21)30/h4-10,13H,11-12,14-15,25H2,1-3H3,(H,26,30,31). The minimum atomic E-state index is -0.725. The lowest BCUT2D eigenvalue weighted by Crippen LogP contribution is -2.41. The molecule has 1 heterocycles. The summed E-state index contributed by atoms with van der Waals surface area (Å²) in [5.41, 5.74) is 7.27. The highest BCUT2D eigenvalue weighted by Gasteiger charge is 2.25. The van der Waals surface area contributed by atoms with E-state index in [0.29, 0.717) is 5.75 Å². The van der Waals surface area contributed by atoms with Crippen molar-refractivity contribution >= 4 is 17.4 Å². The van der Waals surface area contributed by atoms with Crippen LogP contribution in [0.2, 0.25) is 0 Å². The van der Waals surface area contributed by atoms with Gasteiger partial charge < -0.3 is 15.2 Å². The molecule has 174 valence electrons. The van der Waals surface area contributed by atoms with Gasteiger partial charge in [-0.2, -0.15) is 0 Å². The number of nitrogens with one attached hydrogen (secondary N) is 1. The molecule has 9 heteroatoms. The molecule has 1 amide bonds. The highest BCUT2D eigenvalue weighted by atomic mass is 16.5. The molecule has 0 atom stereocenters. The smallest absolute Gasteiger partial charge is 0.330 e. The zero-order valence-electron chi connectivity index (χ0n) is 19.0. The number of amides is 1. The summed E-state index contributed by atoms with van der Waals surface area (Å²) in [6, 6.07) is 14.7. The lowest BCUT2D eigenvalue weighted by atomic mass is 10.1. The molecule has 2 aromatic carbocycles. The van der Waals surface area contributed by atoms with Crippen LogP contribution in [0.3, 0.4) is 0 Å². The van der Waals surface area contributed by atoms with Crippen molar-refractivity contribution in [3.63, 3.8) is 0 Å². The van der Waals surface area contributed by atoms with Gasteiger partial charge in [-0.05, 0) is 29.7 Å². The first kappa shape index (κ1) is 23.8. The van der Waals surface area contributed by atoms with Crippen LogP contribution in [-0.4, -0.2) is 36.3 Å². The second-order valence-electron chi connectivity index (χ2n) is 7.58. The number of H-pyrrole nitrogens is 1. The van der Waals surface area contributed by atoms with Crippen molar-refractivity contribution in [3.8, 4) is 5.75 Å². The van der Waals surface area contributed by atoms with Crippen LogP contribution >= 0.6 is 0 Å². The Morgan fingerprint density at radius 3 is 2.48 bits per heavy atom. The van der Waals surface area contributed by atoms with Crippen LogP contribution in [0.5, 0.6) is 5.75 Å². The van der Waals surface area contributed by atoms with Gasteiger partial charge in [-0.1, -0.05) is 42.5 Å². The highest BCUT2D eigenvalue weighted by Crippen LogP contribution is 2.23. The third-order valence-corrected chi connectivity index (χ3v) is 5.32. The van der Waals surface area contributed by atoms with Crippen LogP contribution in [-0.2, 0) is 29.0 Å². The summed E-state index contributed by atoms with van der Waals surface area (Å²) in [4.78, 5) is 42.2. The normalized spacial score (nSPS) is 10.8. The first-order chi connectivity index (χ1) is 15.8. The number of aromatic amines is 1. The number of ether oxygens (including phenoxy) is 2. The van der Waals surface area contributed by atoms with E-state index in [1.165, 1.54) is 16.6 Å². The molecule has 3 aromatic rings. The van der Waals surface area contributed by atoms with Gasteiger partial charge in [0.1, 0.15) is 11.6 Å². The van der Waals surface area contributed by atoms with Crippen LogP contribution < -0.4 is 26.6 Å². The maximum absolute atomic E-state index is 13.5. The minimum Gasteiger partial charge on any atom is -0.496 e. The SMILES string of the molecule is COCCn1c(N)c(N(Cc2ccccc2)C(=O)Cc2ccc(C)c(OC)c2)c(=O)[nH]c1=O. The van der Waals surface area contributed by atoms with Crippen molar-refractivity contribution < 1.29 is 14.3 Å². The molecule has 9 nitrogen and oxygen atoms in total. The average molecular weight is 453 g/mol. The van der Waals surface area contributed by atoms with E-state index < -0.39 is 11.2 Å². The molecule has 0 fully saturated rings. The van der Waals surface area contributed by atoms with Gasteiger partial charge in [0.25, 0.3) is 5.56 Å². The zero-order chi connectivity index (χ0) is 24.0. The fraction of sp³-hybridized carbons (Fsp3) is 0.292. The van der Waals surface area contributed by atoms with E-state index >= 15 is 0 Å². The first-order valence-electron chi connectivity index (χ1n) is 10.4. The summed E-state index contributed by atoms with van der Waals surface area (Å²) >= 11 is 0. The molecule has 33 heavy (non-hydrogen) atoms. The largest absolute Gasteiger partial charge is 0.496 e. The predicted molar refractivity (Wildman–Crippen MR) is 127 cm³/mol. The molecule has 0 bridgehead atoms. The number of carbonyl (C=O) groups excluding carboxylic acids is 1. The number of nitrogens with two attached hydrogens (primary N) is 1. The number of aromatic nitrogens is 2. The Morgan fingerprint density at radius 1 is 1.09 bits per heavy atom. The van der Waals surface area contributed by atoms with Crippen LogP contribution in [0.15, 0.2) is 58.1 Å². The Morgan fingerprint density at radius 2 is 1.82 bits per heavy atom. The van der Waals surface area contributed by atoms with E-state index in [4.69, 9.17) is 15.2 Å². The predicted octanol–water partition coefficient (Wildman–Crippen LogP) is 1.86. The third kappa shape index (κ3) is 5.50. The Hall–Kier alpha value is -3.85. The fourth-order valence-electron chi connectivity index (χ4n) is 3.55. The topological polar surface area (TPSA) is 120 Å². The lowest BCUT2D eigenvalue weighted by molar-refractivity contribution is -0.118. The van der Waals surface area contributed by atoms with Crippen molar-refractivity contribution in [1.82, 2.24) is 9.55 Å². The molecule has 3 N–H and O–H groups in total. The lowest BCUT2D eigenvalue weighted by Gasteiger charge is -2.25. The number of methoxy groups -OCH3 is 2.